The molecule has 6 heteroatoms. The predicted molar refractivity (Wildman–Crippen MR) is 110 cm³/mol. The second-order valence-electron chi connectivity index (χ2n) is 7.80. The normalized spacial score (nSPS) is 17.0. The number of carbonyl (C=O) groups excluding carboxylic acids is 3. The molecule has 0 bridgehead atoms. The Labute approximate surface area is 167 Å². The lowest BCUT2D eigenvalue weighted by atomic mass is 9.94. The van der Waals surface area contributed by atoms with Crippen LogP contribution in [0.1, 0.15) is 85.9 Å². The zero-order valence-electron chi connectivity index (χ0n) is 17.0. The molecule has 1 heterocycles. The van der Waals surface area contributed by atoms with E-state index in [-0.39, 0.29) is 23.9 Å². The van der Waals surface area contributed by atoms with E-state index < -0.39 is 0 Å². The summed E-state index contributed by atoms with van der Waals surface area (Å²) >= 11 is 0. The minimum absolute atomic E-state index is 0.00767. The molecule has 152 valence electrons. The largest absolute Gasteiger partial charge is 0.325 e. The van der Waals surface area contributed by atoms with Gasteiger partial charge in [-0.2, -0.15) is 0 Å². The molecule has 0 unspecified atom stereocenters. The van der Waals surface area contributed by atoms with Crippen molar-refractivity contribution in [1.29, 1.82) is 0 Å². The van der Waals surface area contributed by atoms with Crippen molar-refractivity contribution < 1.29 is 14.4 Å². The monoisotopic (exact) mass is 385 g/mol. The number of anilines is 1. The first kappa shape index (κ1) is 20.4. The van der Waals surface area contributed by atoms with Crippen LogP contribution in [0.15, 0.2) is 18.2 Å². The molecule has 3 rings (SSSR count). The second-order valence-corrected chi connectivity index (χ2v) is 7.80. The lowest BCUT2D eigenvalue weighted by Gasteiger charge is -2.29. The van der Waals surface area contributed by atoms with Gasteiger partial charge in [-0.25, -0.2) is 4.79 Å². The number of nitrogens with zero attached hydrogens (tertiary/aromatic N) is 2. The lowest BCUT2D eigenvalue weighted by molar-refractivity contribution is 0.0549. The van der Waals surface area contributed by atoms with Crippen LogP contribution in [0.2, 0.25) is 0 Å². The summed E-state index contributed by atoms with van der Waals surface area (Å²) in [6.45, 7) is 5.56. The van der Waals surface area contributed by atoms with Crippen molar-refractivity contribution >= 4 is 23.5 Å². The third-order valence-corrected chi connectivity index (χ3v) is 5.67. The van der Waals surface area contributed by atoms with Gasteiger partial charge in [0, 0.05) is 24.8 Å². The van der Waals surface area contributed by atoms with Crippen molar-refractivity contribution in [1.82, 2.24) is 9.80 Å². The number of rotatable bonds is 7. The Bertz CT molecular complexity index is 741. The molecule has 28 heavy (non-hydrogen) atoms. The summed E-state index contributed by atoms with van der Waals surface area (Å²) in [5, 5.41) is 2.90. The fraction of sp³-hybridized carbons (Fsp3) is 0.591. The van der Waals surface area contributed by atoms with Gasteiger partial charge in [-0.15, -0.1) is 0 Å². The summed E-state index contributed by atoms with van der Waals surface area (Å²) in [6.07, 6.45) is 7.94. The molecular weight excluding hydrogens is 354 g/mol. The third kappa shape index (κ3) is 4.21. The Morgan fingerprint density at radius 1 is 1.04 bits per heavy atom. The van der Waals surface area contributed by atoms with Crippen LogP contribution < -0.4 is 5.32 Å². The van der Waals surface area contributed by atoms with Crippen molar-refractivity contribution in [3.05, 3.63) is 29.3 Å². The van der Waals surface area contributed by atoms with Crippen LogP contribution in [-0.2, 0) is 0 Å². The van der Waals surface area contributed by atoms with Gasteiger partial charge in [0.2, 0.25) is 0 Å². The Morgan fingerprint density at radius 3 is 2.43 bits per heavy atom. The molecule has 1 aliphatic carbocycles. The van der Waals surface area contributed by atoms with E-state index in [0.29, 0.717) is 29.9 Å². The van der Waals surface area contributed by atoms with Gasteiger partial charge in [0.1, 0.15) is 0 Å². The van der Waals surface area contributed by atoms with Gasteiger partial charge in [-0.3, -0.25) is 14.5 Å². The molecule has 1 aromatic carbocycles. The molecule has 6 nitrogen and oxygen atoms in total. The molecular formula is C22H31N3O3. The first-order valence-corrected chi connectivity index (χ1v) is 10.6. The Morgan fingerprint density at radius 2 is 1.75 bits per heavy atom. The van der Waals surface area contributed by atoms with E-state index in [0.717, 1.165) is 44.9 Å². The number of urea groups is 1. The van der Waals surface area contributed by atoms with E-state index >= 15 is 0 Å². The molecule has 0 saturated heterocycles. The highest BCUT2D eigenvalue weighted by Crippen LogP contribution is 2.32. The van der Waals surface area contributed by atoms with Gasteiger partial charge in [-0.1, -0.05) is 39.5 Å². The molecule has 0 radical (unpaired) electrons. The van der Waals surface area contributed by atoms with E-state index in [4.69, 9.17) is 0 Å². The molecule has 1 saturated carbocycles. The Balaban J connectivity index is 1.74. The molecule has 1 fully saturated rings. The van der Waals surface area contributed by atoms with Crippen molar-refractivity contribution in [3.8, 4) is 0 Å². The van der Waals surface area contributed by atoms with Gasteiger partial charge >= 0.3 is 6.03 Å². The molecule has 0 atom stereocenters. The molecule has 1 aromatic rings. The number of hydrogen-bond acceptors (Lipinski definition) is 3. The Kier molecular flexibility index (Phi) is 6.70. The van der Waals surface area contributed by atoms with Crippen LogP contribution in [0.25, 0.3) is 0 Å². The summed E-state index contributed by atoms with van der Waals surface area (Å²) in [5.41, 5.74) is 1.42. The van der Waals surface area contributed by atoms with Gasteiger partial charge in [-0.05, 0) is 43.9 Å². The number of carbonyl (C=O) groups is 3. The third-order valence-electron chi connectivity index (χ3n) is 5.67. The molecule has 2 aliphatic rings. The van der Waals surface area contributed by atoms with Crippen molar-refractivity contribution in [3.63, 3.8) is 0 Å². The van der Waals surface area contributed by atoms with Gasteiger partial charge in [0.15, 0.2) is 0 Å². The highest BCUT2D eigenvalue weighted by atomic mass is 16.2. The average molecular weight is 386 g/mol. The first-order valence-electron chi connectivity index (χ1n) is 10.6. The second kappa shape index (κ2) is 9.22. The maximum Gasteiger partial charge on any atom is 0.321 e. The number of benzene rings is 1. The number of fused-ring (bicyclic) bond motifs is 1. The minimum atomic E-state index is -0.223. The minimum Gasteiger partial charge on any atom is -0.325 e. The SMILES string of the molecule is CCCCN(CCC)C(=O)Nc1ccc2c(c1)C(=O)N(C1CCCCC1)C2=O. The molecule has 1 aliphatic heterocycles. The Hall–Kier alpha value is -2.37. The standard InChI is InChI=1S/C22H31N3O3/c1-3-5-14-24(13-4-2)22(28)23-16-11-12-18-19(15-16)21(27)25(20(18)26)17-9-7-6-8-10-17/h11-12,15,17H,3-10,13-14H2,1-2H3,(H,23,28). The fourth-order valence-electron chi connectivity index (χ4n) is 4.14. The number of imide groups is 1. The zero-order chi connectivity index (χ0) is 20.1. The molecule has 4 amide bonds. The van der Waals surface area contributed by atoms with E-state index in [2.05, 4.69) is 12.2 Å². The number of unbranched alkanes of at least 4 members (excludes halogenated alkanes) is 1. The van der Waals surface area contributed by atoms with Crippen LogP contribution in [-0.4, -0.2) is 46.8 Å². The maximum absolute atomic E-state index is 12.9. The van der Waals surface area contributed by atoms with Crippen LogP contribution in [0.3, 0.4) is 0 Å². The van der Waals surface area contributed by atoms with Crippen LogP contribution in [0, 0.1) is 0 Å². The van der Waals surface area contributed by atoms with Crippen LogP contribution in [0.5, 0.6) is 0 Å². The number of amides is 4. The average Bonchev–Trinajstić information content (AvgIpc) is 2.95. The summed E-state index contributed by atoms with van der Waals surface area (Å²) in [5.74, 6) is -0.417. The molecule has 1 N–H and O–H groups in total. The summed E-state index contributed by atoms with van der Waals surface area (Å²) < 4.78 is 0. The maximum atomic E-state index is 12.9. The highest BCUT2D eigenvalue weighted by Gasteiger charge is 2.40. The molecule has 0 aromatic heterocycles. The quantitative estimate of drug-likeness (QED) is 0.694. The van der Waals surface area contributed by atoms with Gasteiger partial charge < -0.3 is 10.2 Å². The van der Waals surface area contributed by atoms with Crippen molar-refractivity contribution in [2.24, 2.45) is 0 Å². The molecule has 0 spiro atoms. The highest BCUT2D eigenvalue weighted by molar-refractivity contribution is 6.22. The van der Waals surface area contributed by atoms with E-state index in [1.54, 1.807) is 23.1 Å². The zero-order valence-corrected chi connectivity index (χ0v) is 17.0. The van der Waals surface area contributed by atoms with Crippen molar-refractivity contribution in [2.75, 3.05) is 18.4 Å². The summed E-state index contributed by atoms with van der Waals surface area (Å²) in [6, 6.07) is 4.89. The number of nitrogens with one attached hydrogen (secondary N) is 1. The number of hydrogen-bond donors (Lipinski definition) is 1. The van der Waals surface area contributed by atoms with E-state index in [9.17, 15) is 14.4 Å². The van der Waals surface area contributed by atoms with E-state index in [1.807, 2.05) is 6.92 Å². The predicted octanol–water partition coefficient (Wildman–Crippen LogP) is 4.66. The first-order chi connectivity index (χ1) is 13.6. The summed E-state index contributed by atoms with van der Waals surface area (Å²) in [7, 11) is 0. The summed E-state index contributed by atoms with van der Waals surface area (Å²) in [4.78, 5) is 41.5. The van der Waals surface area contributed by atoms with E-state index in [1.165, 1.54) is 11.3 Å². The fourth-order valence-corrected chi connectivity index (χ4v) is 4.14. The van der Waals surface area contributed by atoms with Crippen molar-refractivity contribution in [2.45, 2.75) is 71.3 Å². The smallest absolute Gasteiger partial charge is 0.321 e. The van der Waals surface area contributed by atoms with Gasteiger partial charge in [0.25, 0.3) is 11.8 Å². The van der Waals surface area contributed by atoms with Crippen LogP contribution >= 0.6 is 0 Å². The lowest BCUT2D eigenvalue weighted by Crippen LogP contribution is -2.40. The topological polar surface area (TPSA) is 69.7 Å². The van der Waals surface area contributed by atoms with Gasteiger partial charge in [0.05, 0.1) is 11.1 Å². The van der Waals surface area contributed by atoms with Crippen LogP contribution in [0.4, 0.5) is 10.5 Å².